The molecule has 3 N–H and O–H groups in total. The average molecular weight is 212 g/mol. The molecule has 1 saturated heterocycles. The number of piperidine rings is 1. The summed E-state index contributed by atoms with van der Waals surface area (Å²) in [5, 5.41) is 9.71. The van der Waals surface area contributed by atoms with Crippen LogP contribution in [0.5, 0.6) is 0 Å². The van der Waals surface area contributed by atoms with Crippen molar-refractivity contribution in [3.63, 3.8) is 0 Å². The molecule has 2 rings (SSSR count). The number of nitrogens with zero attached hydrogens (tertiary/aromatic N) is 1. The second-order valence-electron chi connectivity index (χ2n) is 3.90. The van der Waals surface area contributed by atoms with Gasteiger partial charge in [-0.1, -0.05) is 0 Å². The molecule has 86 valence electrons. The van der Waals surface area contributed by atoms with Crippen molar-refractivity contribution >= 4 is 5.96 Å². The SMILES string of the molecule is C1CNC(NCCOC2CCNCC2)=N1. The first kappa shape index (κ1) is 10.7. The van der Waals surface area contributed by atoms with E-state index in [0.717, 1.165) is 58.1 Å². The van der Waals surface area contributed by atoms with E-state index in [0.29, 0.717) is 6.10 Å². The highest BCUT2D eigenvalue weighted by Crippen LogP contribution is 2.06. The molecule has 2 aliphatic rings. The summed E-state index contributed by atoms with van der Waals surface area (Å²) >= 11 is 0. The van der Waals surface area contributed by atoms with Gasteiger partial charge >= 0.3 is 0 Å². The van der Waals surface area contributed by atoms with E-state index in [1.807, 2.05) is 0 Å². The molecular formula is C10H20N4O. The van der Waals surface area contributed by atoms with Crippen molar-refractivity contribution in [2.45, 2.75) is 18.9 Å². The van der Waals surface area contributed by atoms with Crippen molar-refractivity contribution in [2.24, 2.45) is 4.99 Å². The smallest absolute Gasteiger partial charge is 0.191 e. The van der Waals surface area contributed by atoms with E-state index in [2.05, 4.69) is 20.9 Å². The lowest BCUT2D eigenvalue weighted by Gasteiger charge is -2.23. The van der Waals surface area contributed by atoms with E-state index in [9.17, 15) is 0 Å². The van der Waals surface area contributed by atoms with E-state index in [4.69, 9.17) is 4.74 Å². The predicted octanol–water partition coefficient (Wildman–Crippen LogP) is -0.696. The Hall–Kier alpha value is -0.810. The van der Waals surface area contributed by atoms with Gasteiger partial charge in [-0.25, -0.2) is 0 Å². The van der Waals surface area contributed by atoms with Crippen molar-refractivity contribution in [1.29, 1.82) is 0 Å². The molecule has 0 atom stereocenters. The van der Waals surface area contributed by atoms with Gasteiger partial charge < -0.3 is 20.7 Å². The maximum atomic E-state index is 5.76. The molecule has 2 aliphatic heterocycles. The van der Waals surface area contributed by atoms with Crippen molar-refractivity contribution in [3.8, 4) is 0 Å². The summed E-state index contributed by atoms with van der Waals surface area (Å²) in [4.78, 5) is 4.25. The minimum Gasteiger partial charge on any atom is -0.376 e. The highest BCUT2D eigenvalue weighted by atomic mass is 16.5. The van der Waals surface area contributed by atoms with Crippen LogP contribution in [0.15, 0.2) is 4.99 Å². The zero-order valence-corrected chi connectivity index (χ0v) is 9.09. The Labute approximate surface area is 90.7 Å². The number of hydrogen-bond acceptors (Lipinski definition) is 5. The molecule has 0 saturated carbocycles. The number of rotatable bonds is 4. The van der Waals surface area contributed by atoms with Crippen LogP contribution in [-0.4, -0.2) is 51.4 Å². The Morgan fingerprint density at radius 3 is 2.93 bits per heavy atom. The molecular weight excluding hydrogens is 192 g/mol. The van der Waals surface area contributed by atoms with Crippen LogP contribution < -0.4 is 16.0 Å². The lowest BCUT2D eigenvalue weighted by molar-refractivity contribution is 0.0363. The minimum absolute atomic E-state index is 0.450. The fourth-order valence-electron chi connectivity index (χ4n) is 1.87. The van der Waals surface area contributed by atoms with Crippen molar-refractivity contribution in [1.82, 2.24) is 16.0 Å². The van der Waals surface area contributed by atoms with E-state index in [1.54, 1.807) is 0 Å². The molecule has 0 amide bonds. The molecule has 2 heterocycles. The van der Waals surface area contributed by atoms with Crippen LogP contribution in [0.1, 0.15) is 12.8 Å². The molecule has 0 spiro atoms. The third kappa shape index (κ3) is 3.68. The average Bonchev–Trinajstić information content (AvgIpc) is 2.79. The third-order valence-electron chi connectivity index (χ3n) is 2.71. The van der Waals surface area contributed by atoms with Gasteiger partial charge in [-0.05, 0) is 25.9 Å². The van der Waals surface area contributed by atoms with Gasteiger partial charge in [0.25, 0.3) is 0 Å². The van der Waals surface area contributed by atoms with Crippen LogP contribution in [0.25, 0.3) is 0 Å². The van der Waals surface area contributed by atoms with Crippen LogP contribution >= 0.6 is 0 Å². The van der Waals surface area contributed by atoms with Gasteiger partial charge in [-0.15, -0.1) is 0 Å². The van der Waals surface area contributed by atoms with Crippen LogP contribution in [-0.2, 0) is 4.74 Å². The van der Waals surface area contributed by atoms with Crippen LogP contribution in [0.4, 0.5) is 0 Å². The van der Waals surface area contributed by atoms with Crippen molar-refractivity contribution < 1.29 is 4.74 Å². The Kier molecular flexibility index (Phi) is 4.23. The van der Waals surface area contributed by atoms with E-state index < -0.39 is 0 Å². The molecule has 0 aromatic rings. The molecule has 0 aliphatic carbocycles. The normalized spacial score (nSPS) is 22.3. The minimum atomic E-state index is 0.450. The van der Waals surface area contributed by atoms with E-state index >= 15 is 0 Å². The summed E-state index contributed by atoms with van der Waals surface area (Å²) in [7, 11) is 0. The Balaban J connectivity index is 1.50. The summed E-state index contributed by atoms with van der Waals surface area (Å²) in [6, 6.07) is 0. The topological polar surface area (TPSA) is 57.7 Å². The number of hydrogen-bond donors (Lipinski definition) is 3. The number of aliphatic imine (C=N–C) groups is 1. The monoisotopic (exact) mass is 212 g/mol. The lowest BCUT2D eigenvalue weighted by atomic mass is 10.1. The van der Waals surface area contributed by atoms with Crippen LogP contribution in [0, 0.1) is 0 Å². The molecule has 0 unspecified atom stereocenters. The molecule has 0 radical (unpaired) electrons. The van der Waals surface area contributed by atoms with E-state index in [1.165, 1.54) is 0 Å². The maximum absolute atomic E-state index is 5.76. The quantitative estimate of drug-likeness (QED) is 0.540. The Morgan fingerprint density at radius 2 is 2.20 bits per heavy atom. The highest BCUT2D eigenvalue weighted by Gasteiger charge is 2.12. The van der Waals surface area contributed by atoms with Crippen molar-refractivity contribution in [2.75, 3.05) is 39.3 Å². The Bertz CT molecular complexity index is 213. The molecule has 0 aromatic heterocycles. The van der Waals surface area contributed by atoms with Gasteiger partial charge in [-0.3, -0.25) is 4.99 Å². The zero-order chi connectivity index (χ0) is 10.3. The summed E-state index contributed by atoms with van der Waals surface area (Å²) in [5.74, 6) is 0.920. The molecule has 5 heteroatoms. The van der Waals surface area contributed by atoms with Gasteiger partial charge in [0.1, 0.15) is 0 Å². The number of guanidine groups is 1. The molecule has 15 heavy (non-hydrogen) atoms. The third-order valence-corrected chi connectivity index (χ3v) is 2.71. The van der Waals surface area contributed by atoms with Crippen LogP contribution in [0.3, 0.4) is 0 Å². The summed E-state index contributed by atoms with van der Waals surface area (Å²) in [6.45, 7) is 5.63. The van der Waals surface area contributed by atoms with Gasteiger partial charge in [-0.2, -0.15) is 0 Å². The predicted molar refractivity (Wildman–Crippen MR) is 60.2 cm³/mol. The van der Waals surface area contributed by atoms with Gasteiger partial charge in [0, 0.05) is 13.1 Å². The second-order valence-corrected chi connectivity index (χ2v) is 3.90. The number of ether oxygens (including phenoxy) is 1. The van der Waals surface area contributed by atoms with Crippen LogP contribution in [0.2, 0.25) is 0 Å². The fraction of sp³-hybridized carbons (Fsp3) is 0.900. The standard InChI is InChI=1S/C10H20N4O/c1-3-11-4-2-9(1)15-8-7-14-10-12-5-6-13-10/h9,11H,1-8H2,(H2,12,13,14). The van der Waals surface area contributed by atoms with Crippen molar-refractivity contribution in [3.05, 3.63) is 0 Å². The maximum Gasteiger partial charge on any atom is 0.191 e. The molecule has 5 nitrogen and oxygen atoms in total. The summed E-state index contributed by atoms with van der Waals surface area (Å²) < 4.78 is 5.76. The number of nitrogens with one attached hydrogen (secondary N) is 3. The van der Waals surface area contributed by atoms with Gasteiger partial charge in [0.05, 0.1) is 19.3 Å². The fourth-order valence-corrected chi connectivity index (χ4v) is 1.87. The zero-order valence-electron chi connectivity index (χ0n) is 9.09. The second kappa shape index (κ2) is 5.92. The summed E-state index contributed by atoms with van der Waals surface area (Å²) in [5.41, 5.74) is 0. The molecule has 1 fully saturated rings. The first-order valence-electron chi connectivity index (χ1n) is 5.79. The first-order chi connectivity index (χ1) is 7.45. The molecule has 0 aromatic carbocycles. The first-order valence-corrected chi connectivity index (χ1v) is 5.79. The Morgan fingerprint density at radius 1 is 1.33 bits per heavy atom. The molecule has 0 bridgehead atoms. The van der Waals surface area contributed by atoms with Gasteiger partial charge in [0.15, 0.2) is 5.96 Å². The highest BCUT2D eigenvalue weighted by molar-refractivity contribution is 5.81. The largest absolute Gasteiger partial charge is 0.376 e. The van der Waals surface area contributed by atoms with Gasteiger partial charge in [0.2, 0.25) is 0 Å². The van der Waals surface area contributed by atoms with E-state index in [-0.39, 0.29) is 0 Å². The summed E-state index contributed by atoms with van der Waals surface area (Å²) in [6.07, 6.45) is 2.73. The lowest BCUT2D eigenvalue weighted by Crippen LogP contribution is -2.37.